The zero-order chi connectivity index (χ0) is 15.2. The summed E-state index contributed by atoms with van der Waals surface area (Å²) >= 11 is 0. The van der Waals surface area contributed by atoms with Crippen LogP contribution in [0.2, 0.25) is 0 Å². The van der Waals surface area contributed by atoms with Crippen molar-refractivity contribution < 1.29 is 9.59 Å². The molecule has 0 radical (unpaired) electrons. The Hall–Kier alpha value is -2.08. The van der Waals surface area contributed by atoms with Crippen LogP contribution in [0.5, 0.6) is 0 Å². The molecule has 1 heterocycles. The molecule has 2 N–H and O–H groups in total. The smallest absolute Gasteiger partial charge is 0.251 e. The molecule has 0 bridgehead atoms. The van der Waals surface area contributed by atoms with Crippen LogP contribution in [0.1, 0.15) is 10.4 Å². The lowest BCUT2D eigenvalue weighted by Gasteiger charge is -2.27. The Kier molecular flexibility index (Phi) is 5.16. The van der Waals surface area contributed by atoms with E-state index in [2.05, 4.69) is 10.6 Å². The molecular formula is C15H22N4O2. The van der Waals surface area contributed by atoms with Crippen LogP contribution in [0.25, 0.3) is 0 Å². The van der Waals surface area contributed by atoms with Crippen LogP contribution in [-0.2, 0) is 4.79 Å². The summed E-state index contributed by atoms with van der Waals surface area (Å²) in [6, 6.07) is 7.29. The normalized spacial score (nSPS) is 14.7. The Bertz CT molecular complexity index is 493. The first-order valence-corrected chi connectivity index (χ1v) is 7.12. The fraction of sp³-hybridized carbons (Fsp3) is 0.467. The number of nitrogens with one attached hydrogen (secondary N) is 2. The maximum absolute atomic E-state index is 12.0. The van der Waals surface area contributed by atoms with Crippen LogP contribution in [0.4, 0.5) is 5.69 Å². The number of anilines is 1. The fourth-order valence-electron chi connectivity index (χ4n) is 2.19. The zero-order valence-electron chi connectivity index (χ0n) is 12.6. The minimum atomic E-state index is -0.219. The maximum atomic E-state index is 12.0. The Balaban J connectivity index is 1.84. The molecule has 6 heteroatoms. The van der Waals surface area contributed by atoms with Crippen molar-refractivity contribution in [2.45, 2.75) is 0 Å². The average Bonchev–Trinajstić information content (AvgIpc) is 2.53. The van der Waals surface area contributed by atoms with E-state index >= 15 is 0 Å². The molecule has 0 spiro atoms. The van der Waals surface area contributed by atoms with Gasteiger partial charge < -0.3 is 20.4 Å². The van der Waals surface area contributed by atoms with E-state index in [9.17, 15) is 9.59 Å². The summed E-state index contributed by atoms with van der Waals surface area (Å²) in [7, 11) is 3.89. The van der Waals surface area contributed by atoms with Crippen molar-refractivity contribution in [3.05, 3.63) is 29.8 Å². The highest BCUT2D eigenvalue weighted by atomic mass is 16.2. The van der Waals surface area contributed by atoms with Crippen LogP contribution in [0.3, 0.4) is 0 Å². The minimum absolute atomic E-state index is 0.0326. The topological polar surface area (TPSA) is 64.7 Å². The second kappa shape index (κ2) is 7.08. The van der Waals surface area contributed by atoms with Gasteiger partial charge in [-0.3, -0.25) is 9.59 Å². The largest absolute Gasteiger partial charge is 0.378 e. The molecule has 1 aliphatic heterocycles. The number of amides is 2. The Morgan fingerprint density at radius 3 is 2.38 bits per heavy atom. The van der Waals surface area contributed by atoms with E-state index in [4.69, 9.17) is 0 Å². The van der Waals surface area contributed by atoms with Crippen molar-refractivity contribution in [3.63, 3.8) is 0 Å². The van der Waals surface area contributed by atoms with E-state index in [-0.39, 0.29) is 18.4 Å². The standard InChI is InChI=1S/C15H22N4O2/c1-18(2)13-5-3-12(4-6-13)15(21)17-11-14(20)19-9-7-16-8-10-19/h3-6,16H,7-11H2,1-2H3,(H,17,21). The summed E-state index contributed by atoms with van der Waals surface area (Å²) in [6.45, 7) is 3.07. The van der Waals surface area contributed by atoms with Gasteiger partial charge in [0.1, 0.15) is 0 Å². The van der Waals surface area contributed by atoms with Crippen LogP contribution < -0.4 is 15.5 Å². The van der Waals surface area contributed by atoms with E-state index in [1.165, 1.54) is 0 Å². The number of rotatable bonds is 4. The lowest BCUT2D eigenvalue weighted by molar-refractivity contribution is -0.130. The van der Waals surface area contributed by atoms with Gasteiger partial charge in [-0.15, -0.1) is 0 Å². The Morgan fingerprint density at radius 2 is 1.81 bits per heavy atom. The van der Waals surface area contributed by atoms with Crippen LogP contribution in [0, 0.1) is 0 Å². The first-order valence-electron chi connectivity index (χ1n) is 7.12. The molecule has 0 aromatic heterocycles. The number of piperazine rings is 1. The van der Waals surface area contributed by atoms with Crippen molar-refractivity contribution in [1.82, 2.24) is 15.5 Å². The molecule has 114 valence electrons. The summed E-state index contributed by atoms with van der Waals surface area (Å²) in [4.78, 5) is 27.7. The van der Waals surface area contributed by atoms with Crippen molar-refractivity contribution in [1.29, 1.82) is 0 Å². The number of nitrogens with zero attached hydrogens (tertiary/aromatic N) is 2. The van der Waals surface area contributed by atoms with Gasteiger partial charge in [-0.1, -0.05) is 0 Å². The number of benzene rings is 1. The summed E-state index contributed by atoms with van der Waals surface area (Å²) < 4.78 is 0. The van der Waals surface area contributed by atoms with E-state index < -0.39 is 0 Å². The predicted molar refractivity (Wildman–Crippen MR) is 82.6 cm³/mol. The zero-order valence-corrected chi connectivity index (χ0v) is 12.6. The molecule has 2 amide bonds. The first-order chi connectivity index (χ1) is 10.1. The van der Waals surface area contributed by atoms with Crippen molar-refractivity contribution in [3.8, 4) is 0 Å². The van der Waals surface area contributed by atoms with Crippen molar-refractivity contribution in [2.24, 2.45) is 0 Å². The molecule has 21 heavy (non-hydrogen) atoms. The SMILES string of the molecule is CN(C)c1ccc(C(=O)NCC(=O)N2CCNCC2)cc1. The van der Waals surface area contributed by atoms with Gasteiger partial charge in [-0.25, -0.2) is 0 Å². The monoisotopic (exact) mass is 290 g/mol. The maximum Gasteiger partial charge on any atom is 0.251 e. The highest BCUT2D eigenvalue weighted by Crippen LogP contribution is 2.11. The number of hydrogen-bond donors (Lipinski definition) is 2. The fourth-order valence-corrected chi connectivity index (χ4v) is 2.19. The molecule has 0 aliphatic carbocycles. The van der Waals surface area contributed by atoms with Gasteiger partial charge >= 0.3 is 0 Å². The molecule has 2 rings (SSSR count). The lowest BCUT2D eigenvalue weighted by Crippen LogP contribution is -2.49. The molecule has 0 saturated carbocycles. The summed E-state index contributed by atoms with van der Waals surface area (Å²) in [5.41, 5.74) is 1.59. The number of carbonyl (C=O) groups excluding carboxylic acids is 2. The molecular weight excluding hydrogens is 268 g/mol. The summed E-state index contributed by atoms with van der Waals surface area (Å²) in [6.07, 6.45) is 0. The first kappa shape index (κ1) is 15.3. The molecule has 1 aromatic carbocycles. The van der Waals surface area contributed by atoms with Gasteiger partial charge in [0.25, 0.3) is 5.91 Å². The third kappa shape index (κ3) is 4.19. The van der Waals surface area contributed by atoms with Crippen LogP contribution in [0.15, 0.2) is 24.3 Å². The van der Waals surface area contributed by atoms with E-state index in [0.717, 1.165) is 18.8 Å². The Labute approximate surface area is 125 Å². The average molecular weight is 290 g/mol. The Morgan fingerprint density at radius 1 is 1.19 bits per heavy atom. The molecule has 6 nitrogen and oxygen atoms in total. The van der Waals surface area contributed by atoms with Gasteiger partial charge in [-0.2, -0.15) is 0 Å². The van der Waals surface area contributed by atoms with Crippen LogP contribution in [-0.4, -0.2) is 63.5 Å². The van der Waals surface area contributed by atoms with Crippen molar-refractivity contribution in [2.75, 3.05) is 51.7 Å². The van der Waals surface area contributed by atoms with E-state index in [1.807, 2.05) is 31.1 Å². The third-order valence-electron chi connectivity index (χ3n) is 3.52. The third-order valence-corrected chi connectivity index (χ3v) is 3.52. The number of carbonyl (C=O) groups is 2. The minimum Gasteiger partial charge on any atom is -0.378 e. The van der Waals surface area contributed by atoms with Gasteiger partial charge in [-0.05, 0) is 24.3 Å². The highest BCUT2D eigenvalue weighted by molar-refractivity contribution is 5.96. The van der Waals surface area contributed by atoms with Crippen LogP contribution >= 0.6 is 0 Å². The molecule has 0 atom stereocenters. The van der Waals surface area contributed by atoms with E-state index in [1.54, 1.807) is 17.0 Å². The second-order valence-corrected chi connectivity index (χ2v) is 5.25. The molecule has 1 fully saturated rings. The molecule has 1 aliphatic rings. The van der Waals surface area contributed by atoms with E-state index in [0.29, 0.717) is 18.7 Å². The predicted octanol–water partition coefficient (Wildman–Crippen LogP) is -0.0858. The lowest BCUT2D eigenvalue weighted by atomic mass is 10.2. The summed E-state index contributed by atoms with van der Waals surface area (Å²) in [5, 5.41) is 5.87. The quantitative estimate of drug-likeness (QED) is 0.814. The number of hydrogen-bond acceptors (Lipinski definition) is 4. The van der Waals surface area contributed by atoms with Gasteiger partial charge in [0.15, 0.2) is 0 Å². The second-order valence-electron chi connectivity index (χ2n) is 5.25. The molecule has 0 unspecified atom stereocenters. The highest BCUT2D eigenvalue weighted by Gasteiger charge is 2.16. The van der Waals surface area contributed by atoms with Gasteiger partial charge in [0.05, 0.1) is 6.54 Å². The van der Waals surface area contributed by atoms with Crippen molar-refractivity contribution >= 4 is 17.5 Å². The summed E-state index contributed by atoms with van der Waals surface area (Å²) in [5.74, 6) is -0.251. The molecule has 1 saturated heterocycles. The van der Waals surface area contributed by atoms with Gasteiger partial charge in [0, 0.05) is 51.5 Å². The van der Waals surface area contributed by atoms with Gasteiger partial charge in [0.2, 0.25) is 5.91 Å². The molecule has 1 aromatic rings.